The fraction of sp³-hybridized carbons (Fsp3) is 0.375. The van der Waals surface area contributed by atoms with Crippen molar-refractivity contribution in [1.29, 1.82) is 0 Å². The number of carbonyl (C=O) groups excluding carboxylic acids is 1. The number of amides is 1. The number of hydrogen-bond donors (Lipinski definition) is 2. The van der Waals surface area contributed by atoms with Crippen LogP contribution in [0.25, 0.3) is 0 Å². The van der Waals surface area contributed by atoms with Crippen molar-refractivity contribution in [2.45, 2.75) is 25.8 Å². The van der Waals surface area contributed by atoms with Crippen LogP contribution in [0.4, 0.5) is 0 Å². The molecule has 21 heavy (non-hydrogen) atoms. The van der Waals surface area contributed by atoms with Crippen molar-refractivity contribution in [3.63, 3.8) is 0 Å². The summed E-state index contributed by atoms with van der Waals surface area (Å²) in [6.45, 7) is 1.90. The zero-order valence-corrected chi connectivity index (χ0v) is 13.3. The molecule has 5 heteroatoms. The lowest BCUT2D eigenvalue weighted by atomic mass is 9.82. The van der Waals surface area contributed by atoms with Gasteiger partial charge in [-0.1, -0.05) is 46.3 Å². The molecule has 0 saturated heterocycles. The normalized spacial score (nSPS) is 22.6. The Morgan fingerprint density at radius 1 is 1.24 bits per heavy atom. The topological polar surface area (TPSA) is 66.4 Å². The Kier molecular flexibility index (Phi) is 5.17. The monoisotopic (exact) mass is 351 g/mol. The lowest BCUT2D eigenvalue weighted by Crippen LogP contribution is -2.39. The Morgan fingerprint density at radius 2 is 1.86 bits per heavy atom. The molecule has 0 heterocycles. The van der Waals surface area contributed by atoms with Crippen LogP contribution in [0, 0.1) is 11.8 Å². The van der Waals surface area contributed by atoms with E-state index in [1.807, 2.05) is 43.3 Å². The van der Waals surface area contributed by atoms with Gasteiger partial charge in [-0.15, -0.1) is 0 Å². The molecule has 0 saturated carbocycles. The highest BCUT2D eigenvalue weighted by molar-refractivity contribution is 9.10. The van der Waals surface area contributed by atoms with Crippen LogP contribution in [-0.2, 0) is 9.59 Å². The van der Waals surface area contributed by atoms with Crippen molar-refractivity contribution in [3.8, 4) is 0 Å². The van der Waals surface area contributed by atoms with Crippen LogP contribution >= 0.6 is 15.9 Å². The van der Waals surface area contributed by atoms with Crippen LogP contribution in [0.5, 0.6) is 0 Å². The predicted molar refractivity (Wildman–Crippen MR) is 83.7 cm³/mol. The van der Waals surface area contributed by atoms with Crippen molar-refractivity contribution in [2.75, 3.05) is 0 Å². The molecule has 0 aromatic heterocycles. The molecule has 0 spiro atoms. The highest BCUT2D eigenvalue weighted by Gasteiger charge is 2.34. The van der Waals surface area contributed by atoms with Gasteiger partial charge in [0.15, 0.2) is 0 Å². The second-order valence-electron chi connectivity index (χ2n) is 5.25. The largest absolute Gasteiger partial charge is 0.481 e. The van der Waals surface area contributed by atoms with Gasteiger partial charge in [0.1, 0.15) is 0 Å². The minimum Gasteiger partial charge on any atom is -0.481 e. The minimum atomic E-state index is -0.909. The number of rotatable bonds is 4. The first-order chi connectivity index (χ1) is 10.0. The van der Waals surface area contributed by atoms with E-state index in [1.165, 1.54) is 0 Å². The number of allylic oxidation sites excluding steroid dienone is 2. The number of nitrogens with one attached hydrogen (secondary N) is 1. The van der Waals surface area contributed by atoms with Crippen molar-refractivity contribution in [2.24, 2.45) is 11.8 Å². The van der Waals surface area contributed by atoms with Gasteiger partial charge in [-0.05, 0) is 31.4 Å². The third-order valence-corrected chi connectivity index (χ3v) is 4.54. The molecule has 2 rings (SSSR count). The Hall–Kier alpha value is -1.62. The SMILES string of the molecule is C[C@H](NC(=O)[C@@H]1CC=CC[C@@H]1C(=O)O)c1ccccc1Br. The van der Waals surface area contributed by atoms with Gasteiger partial charge in [0.2, 0.25) is 5.91 Å². The molecule has 1 aliphatic carbocycles. The van der Waals surface area contributed by atoms with E-state index in [0.717, 1.165) is 10.0 Å². The van der Waals surface area contributed by atoms with Crippen LogP contribution in [0.1, 0.15) is 31.4 Å². The molecular formula is C16H18BrNO3. The average molecular weight is 352 g/mol. The van der Waals surface area contributed by atoms with Crippen molar-refractivity contribution in [1.82, 2.24) is 5.32 Å². The molecular weight excluding hydrogens is 334 g/mol. The van der Waals surface area contributed by atoms with Crippen LogP contribution in [0.2, 0.25) is 0 Å². The quantitative estimate of drug-likeness (QED) is 0.818. The number of carboxylic acids is 1. The fourth-order valence-corrected chi connectivity index (χ4v) is 3.23. The Balaban J connectivity index is 2.08. The average Bonchev–Trinajstić information content (AvgIpc) is 2.47. The Morgan fingerprint density at radius 3 is 2.48 bits per heavy atom. The number of benzene rings is 1. The van der Waals surface area contributed by atoms with E-state index >= 15 is 0 Å². The predicted octanol–water partition coefficient (Wildman–Crippen LogP) is 3.29. The van der Waals surface area contributed by atoms with Crippen molar-refractivity contribution >= 4 is 27.8 Å². The maximum absolute atomic E-state index is 12.4. The highest BCUT2D eigenvalue weighted by atomic mass is 79.9. The number of carbonyl (C=O) groups is 2. The van der Waals surface area contributed by atoms with Gasteiger partial charge in [-0.2, -0.15) is 0 Å². The Bertz CT molecular complexity index is 570. The lowest BCUT2D eigenvalue weighted by Gasteiger charge is -2.26. The maximum Gasteiger partial charge on any atom is 0.307 e. The minimum absolute atomic E-state index is 0.173. The van der Waals surface area contributed by atoms with E-state index in [2.05, 4.69) is 21.2 Å². The summed E-state index contributed by atoms with van der Waals surface area (Å²) in [6, 6.07) is 7.50. The zero-order valence-electron chi connectivity index (χ0n) is 11.8. The van der Waals surface area contributed by atoms with E-state index in [0.29, 0.717) is 12.8 Å². The van der Waals surface area contributed by atoms with Gasteiger partial charge in [0, 0.05) is 4.47 Å². The summed E-state index contributed by atoms with van der Waals surface area (Å²) in [5.74, 6) is -2.25. The first-order valence-corrected chi connectivity index (χ1v) is 7.72. The van der Waals surface area contributed by atoms with Gasteiger partial charge in [-0.3, -0.25) is 9.59 Å². The molecule has 0 unspecified atom stereocenters. The molecule has 2 N–H and O–H groups in total. The van der Waals surface area contributed by atoms with E-state index < -0.39 is 17.8 Å². The molecule has 0 radical (unpaired) electrons. The second kappa shape index (κ2) is 6.89. The van der Waals surface area contributed by atoms with Crippen LogP contribution in [0.15, 0.2) is 40.9 Å². The molecule has 1 aliphatic rings. The lowest BCUT2D eigenvalue weighted by molar-refractivity contribution is -0.147. The van der Waals surface area contributed by atoms with Crippen molar-refractivity contribution in [3.05, 3.63) is 46.5 Å². The molecule has 0 aliphatic heterocycles. The van der Waals surface area contributed by atoms with E-state index in [-0.39, 0.29) is 11.9 Å². The smallest absolute Gasteiger partial charge is 0.307 e. The van der Waals surface area contributed by atoms with Gasteiger partial charge in [0.25, 0.3) is 0 Å². The van der Waals surface area contributed by atoms with Gasteiger partial charge in [0.05, 0.1) is 17.9 Å². The number of carboxylic acid groups (broad SMARTS) is 1. The summed E-state index contributed by atoms with van der Waals surface area (Å²) in [4.78, 5) is 23.6. The molecule has 112 valence electrons. The zero-order chi connectivity index (χ0) is 15.4. The number of hydrogen-bond acceptors (Lipinski definition) is 2. The van der Waals surface area contributed by atoms with E-state index in [1.54, 1.807) is 0 Å². The molecule has 1 aromatic carbocycles. The molecule has 4 nitrogen and oxygen atoms in total. The Labute approximate surface area is 132 Å². The van der Waals surface area contributed by atoms with E-state index in [9.17, 15) is 14.7 Å². The van der Waals surface area contributed by atoms with Crippen LogP contribution < -0.4 is 5.32 Å². The van der Waals surface area contributed by atoms with E-state index in [4.69, 9.17) is 0 Å². The maximum atomic E-state index is 12.4. The standard InChI is InChI=1S/C16H18BrNO3/c1-10(11-6-4-5-9-14(11)17)18-15(19)12-7-2-3-8-13(12)16(20)21/h2-6,9-10,12-13H,7-8H2,1H3,(H,18,19)(H,20,21)/t10-,12+,13-/m0/s1. The van der Waals surface area contributed by atoms with Gasteiger partial charge >= 0.3 is 5.97 Å². The summed E-state index contributed by atoms with van der Waals surface area (Å²) < 4.78 is 0.927. The highest BCUT2D eigenvalue weighted by Crippen LogP contribution is 2.28. The first-order valence-electron chi connectivity index (χ1n) is 6.93. The summed E-state index contributed by atoms with van der Waals surface area (Å²) in [6.07, 6.45) is 4.61. The summed E-state index contributed by atoms with van der Waals surface area (Å²) >= 11 is 3.46. The summed E-state index contributed by atoms with van der Waals surface area (Å²) in [5, 5.41) is 12.2. The van der Waals surface area contributed by atoms with Gasteiger partial charge in [-0.25, -0.2) is 0 Å². The second-order valence-corrected chi connectivity index (χ2v) is 6.10. The molecule has 0 bridgehead atoms. The van der Waals surface area contributed by atoms with Crippen LogP contribution in [0.3, 0.4) is 0 Å². The molecule has 1 aromatic rings. The van der Waals surface area contributed by atoms with Crippen molar-refractivity contribution < 1.29 is 14.7 Å². The molecule has 0 fully saturated rings. The molecule has 1 amide bonds. The molecule has 3 atom stereocenters. The summed E-state index contributed by atoms with van der Waals surface area (Å²) in [7, 11) is 0. The van der Waals surface area contributed by atoms with Gasteiger partial charge < -0.3 is 10.4 Å². The van der Waals surface area contributed by atoms with Crippen LogP contribution in [-0.4, -0.2) is 17.0 Å². The third kappa shape index (κ3) is 3.73. The number of aliphatic carboxylic acids is 1. The third-order valence-electron chi connectivity index (χ3n) is 3.82. The summed E-state index contributed by atoms with van der Waals surface area (Å²) in [5.41, 5.74) is 0.976. The number of halogens is 1. The first kappa shape index (κ1) is 15.8. The fourth-order valence-electron chi connectivity index (χ4n) is 2.60.